The highest BCUT2D eigenvalue weighted by Gasteiger charge is 2.32. The highest BCUT2D eigenvalue weighted by atomic mass is 16.6. The minimum atomic E-state index is -0.528. The standard InChI is InChI=1S/C27H30N6O3/c1-17-6-7-18(12-20(17)14-28)22-13-24(30-16-29-22)31-23-9-8-21(25(32-23)35-5)19-10-11-33(15-19)26(34)36-27(2,3)4/h6-9,12-13,16,19H,10-11,15H2,1-5H3,(H,29,30,31,32). The van der Waals surface area contributed by atoms with Crippen molar-refractivity contribution in [3.05, 3.63) is 59.4 Å². The Morgan fingerprint density at radius 1 is 1.17 bits per heavy atom. The Kier molecular flexibility index (Phi) is 7.06. The van der Waals surface area contributed by atoms with E-state index in [1.54, 1.807) is 12.0 Å². The van der Waals surface area contributed by atoms with Crippen molar-refractivity contribution in [1.29, 1.82) is 5.26 Å². The van der Waals surface area contributed by atoms with Crippen LogP contribution in [0.15, 0.2) is 42.7 Å². The average Bonchev–Trinajstić information content (AvgIpc) is 3.34. The van der Waals surface area contributed by atoms with Gasteiger partial charge in [0.25, 0.3) is 0 Å². The number of amides is 1. The predicted octanol–water partition coefficient (Wildman–Crippen LogP) is 5.20. The van der Waals surface area contributed by atoms with E-state index in [1.807, 2.05) is 64.1 Å². The maximum Gasteiger partial charge on any atom is 0.410 e. The van der Waals surface area contributed by atoms with Crippen LogP contribution in [0.1, 0.15) is 49.8 Å². The molecule has 1 N–H and O–H groups in total. The number of hydrogen-bond acceptors (Lipinski definition) is 8. The van der Waals surface area contributed by atoms with E-state index in [1.165, 1.54) is 6.33 Å². The van der Waals surface area contributed by atoms with Crippen LogP contribution in [0.25, 0.3) is 11.3 Å². The van der Waals surface area contributed by atoms with Gasteiger partial charge in [0.05, 0.1) is 24.4 Å². The molecule has 0 radical (unpaired) electrons. The van der Waals surface area contributed by atoms with Crippen LogP contribution in [-0.2, 0) is 4.74 Å². The number of benzene rings is 1. The fourth-order valence-electron chi connectivity index (χ4n) is 4.12. The molecule has 1 amide bonds. The van der Waals surface area contributed by atoms with E-state index in [9.17, 15) is 10.1 Å². The fraction of sp³-hybridized carbons (Fsp3) is 0.370. The lowest BCUT2D eigenvalue weighted by molar-refractivity contribution is 0.0292. The van der Waals surface area contributed by atoms with Gasteiger partial charge < -0.3 is 19.7 Å². The fourth-order valence-corrected chi connectivity index (χ4v) is 4.12. The van der Waals surface area contributed by atoms with E-state index in [4.69, 9.17) is 9.47 Å². The van der Waals surface area contributed by atoms with Crippen LogP contribution < -0.4 is 10.1 Å². The monoisotopic (exact) mass is 486 g/mol. The smallest absolute Gasteiger partial charge is 0.410 e. The van der Waals surface area contributed by atoms with Gasteiger partial charge in [0.2, 0.25) is 5.88 Å². The summed E-state index contributed by atoms with van der Waals surface area (Å²) in [5.74, 6) is 1.75. The van der Waals surface area contributed by atoms with E-state index in [0.29, 0.717) is 41.9 Å². The summed E-state index contributed by atoms with van der Waals surface area (Å²) in [7, 11) is 1.59. The summed E-state index contributed by atoms with van der Waals surface area (Å²) in [6, 6.07) is 13.5. The third-order valence-electron chi connectivity index (χ3n) is 5.94. The Morgan fingerprint density at radius 3 is 2.69 bits per heavy atom. The van der Waals surface area contributed by atoms with Crippen molar-refractivity contribution >= 4 is 17.7 Å². The number of aryl methyl sites for hydroxylation is 1. The number of pyridine rings is 1. The molecular weight excluding hydrogens is 456 g/mol. The molecule has 1 aliphatic rings. The molecule has 0 bridgehead atoms. The largest absolute Gasteiger partial charge is 0.481 e. The van der Waals surface area contributed by atoms with Crippen molar-refractivity contribution in [2.75, 3.05) is 25.5 Å². The first-order valence-electron chi connectivity index (χ1n) is 11.8. The highest BCUT2D eigenvalue weighted by molar-refractivity contribution is 5.69. The molecule has 9 heteroatoms. The third-order valence-corrected chi connectivity index (χ3v) is 5.94. The maximum atomic E-state index is 12.5. The molecule has 1 fully saturated rings. The Labute approximate surface area is 211 Å². The lowest BCUT2D eigenvalue weighted by atomic mass is 9.99. The van der Waals surface area contributed by atoms with E-state index in [2.05, 4.69) is 26.3 Å². The van der Waals surface area contributed by atoms with Crippen LogP contribution in [0.3, 0.4) is 0 Å². The summed E-state index contributed by atoms with van der Waals surface area (Å²) >= 11 is 0. The van der Waals surface area contributed by atoms with Crippen molar-refractivity contribution in [1.82, 2.24) is 19.9 Å². The average molecular weight is 487 g/mol. The van der Waals surface area contributed by atoms with Crippen molar-refractivity contribution in [2.45, 2.75) is 45.6 Å². The van der Waals surface area contributed by atoms with Crippen LogP contribution in [-0.4, -0.2) is 51.7 Å². The number of aromatic nitrogens is 3. The van der Waals surface area contributed by atoms with Crippen molar-refractivity contribution < 1.29 is 14.3 Å². The molecule has 2 aromatic heterocycles. The zero-order valence-corrected chi connectivity index (χ0v) is 21.2. The number of ether oxygens (including phenoxy) is 2. The second-order valence-corrected chi connectivity index (χ2v) is 9.76. The number of anilines is 2. The highest BCUT2D eigenvalue weighted by Crippen LogP contribution is 2.34. The van der Waals surface area contributed by atoms with Gasteiger partial charge in [-0.15, -0.1) is 0 Å². The lowest BCUT2D eigenvalue weighted by Crippen LogP contribution is -2.35. The maximum absolute atomic E-state index is 12.5. The van der Waals surface area contributed by atoms with E-state index >= 15 is 0 Å². The minimum absolute atomic E-state index is 0.107. The van der Waals surface area contributed by atoms with E-state index in [-0.39, 0.29) is 12.0 Å². The number of likely N-dealkylation sites (tertiary alicyclic amines) is 1. The molecule has 186 valence electrons. The zero-order valence-electron chi connectivity index (χ0n) is 21.2. The first kappa shape index (κ1) is 24.9. The van der Waals surface area contributed by atoms with Gasteiger partial charge in [-0.05, 0) is 57.9 Å². The van der Waals surface area contributed by atoms with Gasteiger partial charge in [0.15, 0.2) is 0 Å². The van der Waals surface area contributed by atoms with E-state index in [0.717, 1.165) is 23.1 Å². The zero-order chi connectivity index (χ0) is 25.9. The Balaban J connectivity index is 1.49. The molecule has 1 aromatic carbocycles. The van der Waals surface area contributed by atoms with Gasteiger partial charge in [-0.25, -0.2) is 14.8 Å². The third kappa shape index (κ3) is 5.71. The first-order valence-corrected chi connectivity index (χ1v) is 11.8. The number of methoxy groups -OCH3 is 1. The predicted molar refractivity (Wildman–Crippen MR) is 136 cm³/mol. The van der Waals surface area contributed by atoms with Gasteiger partial charge in [-0.1, -0.05) is 12.1 Å². The van der Waals surface area contributed by atoms with Gasteiger partial charge >= 0.3 is 6.09 Å². The molecule has 0 spiro atoms. The molecule has 3 aromatic rings. The number of hydrogen-bond donors (Lipinski definition) is 1. The SMILES string of the molecule is COc1nc(Nc2cc(-c3ccc(C)c(C#N)c3)ncn2)ccc1C1CCN(C(=O)OC(C)(C)C)C1. The Morgan fingerprint density at radius 2 is 1.97 bits per heavy atom. The Bertz CT molecular complexity index is 1310. The normalized spacial score (nSPS) is 15.3. The van der Waals surface area contributed by atoms with Crippen molar-refractivity contribution in [3.8, 4) is 23.2 Å². The summed E-state index contributed by atoms with van der Waals surface area (Å²) in [4.78, 5) is 27.5. The number of nitrogens with zero attached hydrogens (tertiary/aromatic N) is 5. The summed E-state index contributed by atoms with van der Waals surface area (Å²) in [5.41, 5.74) is 3.47. The minimum Gasteiger partial charge on any atom is -0.481 e. The number of carbonyl (C=O) groups excluding carboxylic acids is 1. The molecule has 1 aliphatic heterocycles. The van der Waals surface area contributed by atoms with Gasteiger partial charge in [0.1, 0.15) is 23.6 Å². The van der Waals surface area contributed by atoms with Crippen LogP contribution >= 0.6 is 0 Å². The van der Waals surface area contributed by atoms with Crippen molar-refractivity contribution in [3.63, 3.8) is 0 Å². The van der Waals surface area contributed by atoms with Gasteiger partial charge in [-0.2, -0.15) is 10.2 Å². The number of nitrogens with one attached hydrogen (secondary N) is 1. The molecule has 1 atom stereocenters. The number of rotatable bonds is 5. The molecule has 1 saturated heterocycles. The first-order chi connectivity index (χ1) is 17.2. The van der Waals surface area contributed by atoms with Crippen LogP contribution in [0.5, 0.6) is 5.88 Å². The molecule has 0 saturated carbocycles. The lowest BCUT2D eigenvalue weighted by Gasteiger charge is -2.24. The molecule has 1 unspecified atom stereocenters. The summed E-state index contributed by atoms with van der Waals surface area (Å²) < 4.78 is 11.1. The molecular formula is C27H30N6O3. The van der Waals surface area contributed by atoms with Crippen LogP contribution in [0, 0.1) is 18.3 Å². The van der Waals surface area contributed by atoms with Gasteiger partial charge in [-0.3, -0.25) is 0 Å². The second-order valence-electron chi connectivity index (χ2n) is 9.76. The number of carbonyl (C=O) groups is 1. The summed E-state index contributed by atoms with van der Waals surface area (Å²) in [6.45, 7) is 8.67. The second kappa shape index (κ2) is 10.2. The quantitative estimate of drug-likeness (QED) is 0.524. The topological polar surface area (TPSA) is 113 Å². The Hall–Kier alpha value is -4.19. The van der Waals surface area contributed by atoms with Crippen molar-refractivity contribution in [2.24, 2.45) is 0 Å². The molecule has 9 nitrogen and oxygen atoms in total. The van der Waals surface area contributed by atoms with Crippen LogP contribution in [0.2, 0.25) is 0 Å². The van der Waals surface area contributed by atoms with Gasteiger partial charge in [0, 0.05) is 36.2 Å². The van der Waals surface area contributed by atoms with E-state index < -0.39 is 5.60 Å². The summed E-state index contributed by atoms with van der Waals surface area (Å²) in [6.07, 6.45) is 1.98. The molecule has 36 heavy (non-hydrogen) atoms. The molecule has 3 heterocycles. The summed E-state index contributed by atoms with van der Waals surface area (Å²) in [5, 5.41) is 12.5. The van der Waals surface area contributed by atoms with Crippen LogP contribution in [0.4, 0.5) is 16.4 Å². The number of nitriles is 1. The molecule has 0 aliphatic carbocycles. The molecule has 4 rings (SSSR count).